The molecule has 6 heteroatoms. The Bertz CT molecular complexity index is 646. The Morgan fingerprint density at radius 1 is 1.04 bits per heavy atom. The van der Waals surface area contributed by atoms with E-state index in [-0.39, 0.29) is 0 Å². The Morgan fingerprint density at radius 2 is 1.67 bits per heavy atom. The fourth-order valence-corrected chi connectivity index (χ4v) is 2.45. The maximum Gasteiger partial charge on any atom is 0.419 e. The van der Waals surface area contributed by atoms with Crippen molar-refractivity contribution in [3.8, 4) is 11.5 Å². The van der Waals surface area contributed by atoms with Crippen LogP contribution in [0.25, 0.3) is 0 Å². The van der Waals surface area contributed by atoms with E-state index in [4.69, 9.17) is 21.1 Å². The minimum absolute atomic E-state index is 0.447. The Hall–Kier alpha value is -1.72. The van der Waals surface area contributed by atoms with E-state index in [2.05, 4.69) is 15.9 Å². The average molecular weight is 413 g/mol. The number of amides is 1. The number of anilines is 1. The van der Waals surface area contributed by atoms with Gasteiger partial charge in [0.2, 0.25) is 0 Å². The predicted molar refractivity (Wildman–Crippen MR) is 101 cm³/mol. The van der Waals surface area contributed by atoms with Crippen molar-refractivity contribution < 1.29 is 14.3 Å². The van der Waals surface area contributed by atoms with E-state index in [9.17, 15) is 4.79 Å². The molecule has 1 amide bonds. The van der Waals surface area contributed by atoms with Gasteiger partial charge < -0.3 is 9.47 Å². The molecule has 0 heterocycles. The molecule has 0 saturated heterocycles. The molecule has 0 radical (unpaired) electrons. The lowest BCUT2D eigenvalue weighted by molar-refractivity contribution is 0.209. The molecule has 0 bridgehead atoms. The van der Waals surface area contributed by atoms with Gasteiger partial charge in [-0.1, -0.05) is 27.5 Å². The predicted octanol–water partition coefficient (Wildman–Crippen LogP) is 5.53. The molecule has 0 aliphatic rings. The van der Waals surface area contributed by atoms with Gasteiger partial charge >= 0.3 is 6.09 Å². The number of nitrogens with zero attached hydrogens (tertiary/aromatic N) is 1. The third-order valence-electron chi connectivity index (χ3n) is 3.31. The largest absolute Gasteiger partial charge is 0.494 e. The van der Waals surface area contributed by atoms with E-state index in [0.717, 1.165) is 29.6 Å². The van der Waals surface area contributed by atoms with Crippen LogP contribution < -0.4 is 14.4 Å². The lowest BCUT2D eigenvalue weighted by Gasteiger charge is -2.17. The van der Waals surface area contributed by atoms with Crippen molar-refractivity contribution in [2.75, 3.05) is 23.9 Å². The Kier molecular flexibility index (Phi) is 7.40. The number of carbonyl (C=O) groups excluding carboxylic acids is 1. The fraction of sp³-hybridized carbons (Fsp3) is 0.278. The van der Waals surface area contributed by atoms with E-state index in [1.54, 1.807) is 31.3 Å². The number of hydrogen-bond donors (Lipinski definition) is 0. The van der Waals surface area contributed by atoms with Gasteiger partial charge in [0.15, 0.2) is 0 Å². The topological polar surface area (TPSA) is 38.8 Å². The van der Waals surface area contributed by atoms with Gasteiger partial charge in [0.05, 0.1) is 6.61 Å². The van der Waals surface area contributed by atoms with Crippen molar-refractivity contribution in [3.63, 3.8) is 0 Å². The Morgan fingerprint density at radius 3 is 2.29 bits per heavy atom. The summed E-state index contributed by atoms with van der Waals surface area (Å²) in [5.41, 5.74) is 0.724. The van der Waals surface area contributed by atoms with E-state index in [1.165, 1.54) is 4.90 Å². The maximum atomic E-state index is 12.2. The molecule has 128 valence electrons. The lowest BCUT2D eigenvalue weighted by atomic mass is 10.3. The standard InChI is InChI=1S/C18H19BrClNO3/c1-21(18(22)24-17-8-4-14(20)5-9-17)15-6-10-16(11-7-15)23-13-3-2-12-19/h4-11H,2-3,12-13H2,1H3. The summed E-state index contributed by atoms with van der Waals surface area (Å²) in [5, 5.41) is 1.57. The van der Waals surface area contributed by atoms with Crippen molar-refractivity contribution in [1.29, 1.82) is 0 Å². The van der Waals surface area contributed by atoms with Crippen LogP contribution in [-0.2, 0) is 0 Å². The number of benzene rings is 2. The van der Waals surface area contributed by atoms with Crippen LogP contribution in [0, 0.1) is 0 Å². The summed E-state index contributed by atoms with van der Waals surface area (Å²) < 4.78 is 10.9. The molecule has 0 aliphatic carbocycles. The first-order valence-electron chi connectivity index (χ1n) is 7.60. The molecule has 0 aliphatic heterocycles. The summed E-state index contributed by atoms with van der Waals surface area (Å²) >= 11 is 9.20. The highest BCUT2D eigenvalue weighted by Gasteiger charge is 2.13. The van der Waals surface area contributed by atoms with E-state index in [0.29, 0.717) is 17.4 Å². The van der Waals surface area contributed by atoms with Gasteiger partial charge in [-0.05, 0) is 61.4 Å². The van der Waals surface area contributed by atoms with E-state index >= 15 is 0 Å². The van der Waals surface area contributed by atoms with Crippen LogP contribution in [0.15, 0.2) is 48.5 Å². The van der Waals surface area contributed by atoms with Gasteiger partial charge in [-0.3, -0.25) is 4.90 Å². The van der Waals surface area contributed by atoms with Gasteiger partial charge in [0.25, 0.3) is 0 Å². The first-order chi connectivity index (χ1) is 11.6. The van der Waals surface area contributed by atoms with Gasteiger partial charge in [-0.25, -0.2) is 4.79 Å². The summed E-state index contributed by atoms with van der Waals surface area (Å²) in [6, 6.07) is 14.0. The number of unbranched alkanes of at least 4 members (excludes halogenated alkanes) is 1. The van der Waals surface area contributed by atoms with Crippen molar-refractivity contribution in [2.24, 2.45) is 0 Å². The zero-order chi connectivity index (χ0) is 17.4. The molecule has 24 heavy (non-hydrogen) atoms. The number of carbonyl (C=O) groups is 1. The highest BCUT2D eigenvalue weighted by Crippen LogP contribution is 2.21. The summed E-state index contributed by atoms with van der Waals surface area (Å²) in [5.74, 6) is 1.23. The Labute approximate surface area is 155 Å². The number of rotatable bonds is 7. The second-order valence-corrected chi connectivity index (χ2v) is 6.35. The average Bonchev–Trinajstić information content (AvgIpc) is 2.60. The molecule has 0 saturated carbocycles. The molecule has 0 unspecified atom stereocenters. The van der Waals surface area contributed by atoms with E-state index < -0.39 is 6.09 Å². The van der Waals surface area contributed by atoms with Gasteiger partial charge in [-0.15, -0.1) is 0 Å². The second kappa shape index (κ2) is 9.55. The van der Waals surface area contributed by atoms with Crippen LogP contribution in [-0.4, -0.2) is 25.1 Å². The molecule has 0 fully saturated rings. The monoisotopic (exact) mass is 411 g/mol. The Balaban J connectivity index is 1.90. The third-order valence-corrected chi connectivity index (χ3v) is 4.13. The smallest absolute Gasteiger partial charge is 0.419 e. The first kappa shape index (κ1) is 18.6. The highest BCUT2D eigenvalue weighted by atomic mass is 79.9. The summed E-state index contributed by atoms with van der Waals surface area (Å²) in [4.78, 5) is 13.6. The van der Waals surface area contributed by atoms with Gasteiger partial charge in [0, 0.05) is 23.1 Å². The second-order valence-electron chi connectivity index (χ2n) is 5.12. The molecule has 2 aromatic rings. The van der Waals surface area contributed by atoms with Gasteiger partial charge in [-0.2, -0.15) is 0 Å². The summed E-state index contributed by atoms with van der Waals surface area (Å²) in [6.45, 7) is 0.680. The van der Waals surface area contributed by atoms with Gasteiger partial charge in [0.1, 0.15) is 11.5 Å². The molecular weight excluding hydrogens is 394 g/mol. The number of halogens is 2. The third kappa shape index (κ3) is 5.73. The minimum Gasteiger partial charge on any atom is -0.494 e. The van der Waals surface area contributed by atoms with Crippen molar-refractivity contribution in [3.05, 3.63) is 53.6 Å². The zero-order valence-electron chi connectivity index (χ0n) is 13.4. The quantitative estimate of drug-likeness (QED) is 0.443. The van der Waals surface area contributed by atoms with Crippen LogP contribution in [0.3, 0.4) is 0 Å². The maximum absolute atomic E-state index is 12.2. The number of ether oxygens (including phenoxy) is 2. The molecule has 0 aromatic heterocycles. The summed E-state index contributed by atoms with van der Waals surface area (Å²) in [6.07, 6.45) is 1.61. The van der Waals surface area contributed by atoms with Crippen LogP contribution in [0.5, 0.6) is 11.5 Å². The first-order valence-corrected chi connectivity index (χ1v) is 9.10. The molecule has 0 atom stereocenters. The fourth-order valence-electron chi connectivity index (χ4n) is 1.93. The molecule has 2 aromatic carbocycles. The lowest BCUT2D eigenvalue weighted by Crippen LogP contribution is -2.29. The molecule has 4 nitrogen and oxygen atoms in total. The van der Waals surface area contributed by atoms with Crippen molar-refractivity contribution in [2.45, 2.75) is 12.8 Å². The molecule has 2 rings (SSSR count). The van der Waals surface area contributed by atoms with Crippen LogP contribution in [0.4, 0.5) is 10.5 Å². The van der Waals surface area contributed by atoms with E-state index in [1.807, 2.05) is 24.3 Å². The van der Waals surface area contributed by atoms with Crippen LogP contribution in [0.2, 0.25) is 5.02 Å². The van der Waals surface area contributed by atoms with Crippen LogP contribution in [0.1, 0.15) is 12.8 Å². The summed E-state index contributed by atoms with van der Waals surface area (Å²) in [7, 11) is 1.66. The SMILES string of the molecule is CN(C(=O)Oc1ccc(Cl)cc1)c1ccc(OCCCCBr)cc1. The molecule has 0 N–H and O–H groups in total. The highest BCUT2D eigenvalue weighted by molar-refractivity contribution is 9.09. The number of alkyl halides is 1. The van der Waals surface area contributed by atoms with Crippen molar-refractivity contribution >= 4 is 39.3 Å². The van der Waals surface area contributed by atoms with Crippen LogP contribution >= 0.6 is 27.5 Å². The number of hydrogen-bond acceptors (Lipinski definition) is 3. The molecular formula is C18H19BrClNO3. The normalized spacial score (nSPS) is 10.3. The molecule has 0 spiro atoms. The van der Waals surface area contributed by atoms with Crippen molar-refractivity contribution in [1.82, 2.24) is 0 Å². The zero-order valence-corrected chi connectivity index (χ0v) is 15.7. The minimum atomic E-state index is -0.469.